The molecule has 0 bridgehead atoms. The van der Waals surface area contributed by atoms with Crippen molar-refractivity contribution in [1.82, 2.24) is 15.6 Å². The summed E-state index contributed by atoms with van der Waals surface area (Å²) in [4.78, 5) is 28.2. The predicted octanol–water partition coefficient (Wildman–Crippen LogP) is 1.61. The molecule has 0 saturated heterocycles. The molecule has 1 atom stereocenters. The number of carbonyl (C=O) groups excluding carboxylic acids is 2. The summed E-state index contributed by atoms with van der Waals surface area (Å²) in [5.41, 5.74) is 1.89. The van der Waals surface area contributed by atoms with Crippen LogP contribution in [0, 0.1) is 13.8 Å². The van der Waals surface area contributed by atoms with Crippen LogP contribution in [0.15, 0.2) is 47.6 Å². The zero-order valence-corrected chi connectivity index (χ0v) is 16.6. The Bertz CT molecular complexity index is 986. The molecule has 1 aromatic carbocycles. The number of hydrogen-bond acceptors (Lipinski definition) is 5. The molecule has 2 amide bonds. The van der Waals surface area contributed by atoms with E-state index >= 15 is 0 Å². The maximum atomic E-state index is 13.4. The van der Waals surface area contributed by atoms with Crippen LogP contribution in [0.25, 0.3) is 0 Å². The summed E-state index contributed by atoms with van der Waals surface area (Å²) in [7, 11) is -3.83. The number of sulfone groups is 1. The molecule has 0 spiro atoms. The topological polar surface area (TPSA) is 105 Å². The summed E-state index contributed by atoms with van der Waals surface area (Å²) in [6, 6.07) is 8.56. The van der Waals surface area contributed by atoms with Gasteiger partial charge in [0.1, 0.15) is 5.25 Å². The molecule has 7 nitrogen and oxygen atoms in total. The SMILES string of the molecule is Cc1ccc(C)c(S(=O)(=O)[C@@H](CNC(=O)C(=O)NC2CC2)c2cccnc2)c1. The van der Waals surface area contributed by atoms with Crippen LogP contribution in [-0.2, 0) is 19.4 Å². The smallest absolute Gasteiger partial charge is 0.309 e. The summed E-state index contributed by atoms with van der Waals surface area (Å²) < 4.78 is 26.8. The standard InChI is InChI=1S/C20H23N3O4S/c1-13-5-6-14(2)17(10-13)28(26,27)18(15-4-3-9-21-11-15)12-22-19(24)20(25)23-16-7-8-16/h3-6,9-11,16,18H,7-8,12H2,1-2H3,(H,22,24)(H,23,25)/t18-/m0/s1. The Morgan fingerprint density at radius 2 is 1.93 bits per heavy atom. The maximum absolute atomic E-state index is 13.4. The molecule has 8 heteroatoms. The number of carbonyl (C=O) groups is 2. The van der Waals surface area contributed by atoms with Crippen molar-refractivity contribution >= 4 is 21.7 Å². The lowest BCUT2D eigenvalue weighted by Crippen LogP contribution is -2.43. The van der Waals surface area contributed by atoms with Gasteiger partial charge in [0, 0.05) is 25.0 Å². The number of rotatable bonds is 6. The number of aromatic nitrogens is 1. The van der Waals surface area contributed by atoms with E-state index in [0.717, 1.165) is 18.4 Å². The van der Waals surface area contributed by atoms with Gasteiger partial charge in [-0.25, -0.2) is 8.42 Å². The lowest BCUT2D eigenvalue weighted by atomic mass is 10.2. The Balaban J connectivity index is 1.87. The molecule has 0 aliphatic heterocycles. The van der Waals surface area contributed by atoms with Crippen LogP contribution in [0.5, 0.6) is 0 Å². The average Bonchev–Trinajstić information content (AvgIpc) is 3.48. The van der Waals surface area contributed by atoms with Gasteiger partial charge in [-0.05, 0) is 55.5 Å². The minimum absolute atomic E-state index is 0.0473. The number of aryl methyl sites for hydroxylation is 2. The van der Waals surface area contributed by atoms with Crippen molar-refractivity contribution in [3.05, 3.63) is 59.4 Å². The third-order valence-corrected chi connectivity index (χ3v) is 6.89. The molecule has 28 heavy (non-hydrogen) atoms. The zero-order chi connectivity index (χ0) is 20.3. The summed E-state index contributed by atoms with van der Waals surface area (Å²) in [6.45, 7) is 3.33. The fraction of sp³-hybridized carbons (Fsp3) is 0.350. The van der Waals surface area contributed by atoms with Gasteiger partial charge in [-0.3, -0.25) is 14.6 Å². The average molecular weight is 401 g/mol. The first-order valence-electron chi connectivity index (χ1n) is 9.09. The summed E-state index contributed by atoms with van der Waals surface area (Å²) in [5.74, 6) is -1.58. The number of benzene rings is 1. The van der Waals surface area contributed by atoms with Crippen molar-refractivity contribution in [2.75, 3.05) is 6.54 Å². The third-order valence-electron chi connectivity index (χ3n) is 4.65. The van der Waals surface area contributed by atoms with E-state index in [-0.39, 0.29) is 17.5 Å². The number of pyridine rings is 1. The number of nitrogens with one attached hydrogen (secondary N) is 2. The van der Waals surface area contributed by atoms with Gasteiger partial charge in [0.15, 0.2) is 9.84 Å². The Morgan fingerprint density at radius 3 is 2.57 bits per heavy atom. The van der Waals surface area contributed by atoms with E-state index in [4.69, 9.17) is 0 Å². The highest BCUT2D eigenvalue weighted by Crippen LogP contribution is 2.30. The van der Waals surface area contributed by atoms with Crippen LogP contribution in [0.3, 0.4) is 0 Å². The first-order chi connectivity index (χ1) is 13.3. The van der Waals surface area contributed by atoms with Crippen LogP contribution in [-0.4, -0.2) is 37.8 Å². The molecule has 3 rings (SSSR count). The van der Waals surface area contributed by atoms with Crippen LogP contribution < -0.4 is 10.6 Å². The highest BCUT2D eigenvalue weighted by molar-refractivity contribution is 7.91. The molecule has 0 radical (unpaired) electrons. The van der Waals surface area contributed by atoms with Crippen molar-refractivity contribution in [3.8, 4) is 0 Å². The van der Waals surface area contributed by atoms with Crippen LogP contribution in [0.2, 0.25) is 0 Å². The Morgan fingerprint density at radius 1 is 1.18 bits per heavy atom. The molecular formula is C20H23N3O4S. The highest BCUT2D eigenvalue weighted by Gasteiger charge is 2.32. The molecule has 1 fully saturated rings. The number of hydrogen-bond donors (Lipinski definition) is 2. The molecule has 1 aliphatic carbocycles. The van der Waals surface area contributed by atoms with E-state index < -0.39 is 26.9 Å². The lowest BCUT2D eigenvalue weighted by Gasteiger charge is -2.20. The fourth-order valence-corrected chi connectivity index (χ4v) is 4.86. The number of nitrogens with zero attached hydrogens (tertiary/aromatic N) is 1. The Kier molecular flexibility index (Phi) is 5.79. The second kappa shape index (κ2) is 8.10. The summed E-state index contributed by atoms with van der Waals surface area (Å²) in [5, 5.41) is 4.00. The van der Waals surface area contributed by atoms with E-state index in [9.17, 15) is 18.0 Å². The Hall–Kier alpha value is -2.74. The molecule has 1 aromatic heterocycles. The fourth-order valence-electron chi connectivity index (χ4n) is 2.88. The number of amides is 2. The van der Waals surface area contributed by atoms with Gasteiger partial charge in [-0.2, -0.15) is 0 Å². The zero-order valence-electron chi connectivity index (χ0n) is 15.8. The molecule has 2 N–H and O–H groups in total. The molecule has 1 heterocycles. The highest BCUT2D eigenvalue weighted by atomic mass is 32.2. The minimum Gasteiger partial charge on any atom is -0.346 e. The minimum atomic E-state index is -3.83. The van der Waals surface area contributed by atoms with Crippen LogP contribution >= 0.6 is 0 Å². The predicted molar refractivity (Wildman–Crippen MR) is 104 cm³/mol. The van der Waals surface area contributed by atoms with Crippen molar-refractivity contribution in [3.63, 3.8) is 0 Å². The van der Waals surface area contributed by atoms with Crippen molar-refractivity contribution in [1.29, 1.82) is 0 Å². The maximum Gasteiger partial charge on any atom is 0.309 e. The monoisotopic (exact) mass is 401 g/mol. The van der Waals surface area contributed by atoms with Gasteiger partial charge in [-0.1, -0.05) is 18.2 Å². The molecular weight excluding hydrogens is 378 g/mol. The van der Waals surface area contributed by atoms with E-state index in [1.807, 2.05) is 13.0 Å². The Labute approximate surface area is 164 Å². The van der Waals surface area contributed by atoms with E-state index in [1.54, 1.807) is 37.4 Å². The van der Waals surface area contributed by atoms with Gasteiger partial charge < -0.3 is 10.6 Å². The molecule has 1 aliphatic rings. The first-order valence-corrected chi connectivity index (χ1v) is 10.6. The third kappa shape index (κ3) is 4.56. The van der Waals surface area contributed by atoms with Gasteiger partial charge in [0.2, 0.25) is 0 Å². The van der Waals surface area contributed by atoms with E-state index in [0.29, 0.717) is 11.1 Å². The van der Waals surface area contributed by atoms with Crippen molar-refractivity contribution in [2.24, 2.45) is 0 Å². The van der Waals surface area contributed by atoms with Gasteiger partial charge in [0.05, 0.1) is 4.90 Å². The normalized spacial score (nSPS) is 14.9. The molecule has 1 saturated carbocycles. The second-order valence-corrected chi connectivity index (χ2v) is 9.15. The second-order valence-electron chi connectivity index (χ2n) is 7.05. The van der Waals surface area contributed by atoms with E-state index in [1.165, 1.54) is 6.20 Å². The van der Waals surface area contributed by atoms with Gasteiger partial charge in [-0.15, -0.1) is 0 Å². The molecule has 2 aromatic rings. The first kappa shape index (κ1) is 20.0. The molecule has 0 unspecified atom stereocenters. The van der Waals surface area contributed by atoms with Gasteiger partial charge >= 0.3 is 11.8 Å². The lowest BCUT2D eigenvalue weighted by molar-refractivity contribution is -0.139. The quantitative estimate of drug-likeness (QED) is 0.716. The largest absolute Gasteiger partial charge is 0.346 e. The van der Waals surface area contributed by atoms with E-state index in [2.05, 4.69) is 15.6 Å². The van der Waals surface area contributed by atoms with Crippen molar-refractivity contribution in [2.45, 2.75) is 42.9 Å². The molecule has 148 valence electrons. The van der Waals surface area contributed by atoms with Crippen LogP contribution in [0.4, 0.5) is 0 Å². The summed E-state index contributed by atoms with van der Waals surface area (Å²) in [6.07, 6.45) is 4.73. The van der Waals surface area contributed by atoms with Crippen molar-refractivity contribution < 1.29 is 18.0 Å². The van der Waals surface area contributed by atoms with Gasteiger partial charge in [0.25, 0.3) is 0 Å². The van der Waals surface area contributed by atoms with Crippen LogP contribution in [0.1, 0.15) is 34.8 Å². The summed E-state index contributed by atoms with van der Waals surface area (Å²) >= 11 is 0.